The van der Waals surface area contributed by atoms with Gasteiger partial charge in [-0.15, -0.1) is 0 Å². The van der Waals surface area contributed by atoms with E-state index >= 15 is 0 Å². The van der Waals surface area contributed by atoms with Crippen molar-refractivity contribution < 1.29 is 32.2 Å². The number of hydrogen-bond donors (Lipinski definition) is 0. The van der Waals surface area contributed by atoms with E-state index in [0.29, 0.717) is 48.8 Å². The molecule has 2 aromatic heterocycles. The van der Waals surface area contributed by atoms with Crippen LogP contribution in [0, 0.1) is 41.1 Å². The molecule has 0 atom stereocenters. The molecule has 2 saturated heterocycles. The fourth-order valence-corrected chi connectivity index (χ4v) is 4.62. The monoisotopic (exact) mass is 666 g/mol. The van der Waals surface area contributed by atoms with Crippen LogP contribution in [0.15, 0.2) is 79.1 Å². The summed E-state index contributed by atoms with van der Waals surface area (Å²) in [7, 11) is 3.47. The number of carbonyl (C=O) groups is 2. The Morgan fingerprint density at radius 2 is 1.06 bits per heavy atom. The smallest absolute Gasteiger partial charge is 0.272 e. The lowest BCUT2D eigenvalue weighted by Crippen LogP contribution is -2.60. The molecule has 6 rings (SSSR count). The van der Waals surface area contributed by atoms with Crippen molar-refractivity contribution in [1.82, 2.24) is 19.8 Å². The minimum Gasteiger partial charge on any atom is -0.376 e. The number of nitrogens with zero attached hydrogens (tertiary/aromatic N) is 4. The first-order chi connectivity index (χ1) is 23.4. The molecule has 2 amide bonds. The van der Waals surface area contributed by atoms with Crippen LogP contribution in [0.1, 0.15) is 57.1 Å². The van der Waals surface area contributed by atoms with Gasteiger partial charge in [-0.05, 0) is 80.6 Å². The van der Waals surface area contributed by atoms with Gasteiger partial charge >= 0.3 is 0 Å². The van der Waals surface area contributed by atoms with E-state index in [4.69, 9.17) is 9.47 Å². The molecule has 0 aliphatic carbocycles. The first kappa shape index (κ1) is 34.8. The quantitative estimate of drug-likeness (QED) is 0.282. The summed E-state index contributed by atoms with van der Waals surface area (Å²) in [5.74, 6) is 9.38. The number of benzene rings is 2. The van der Waals surface area contributed by atoms with Gasteiger partial charge in [0.2, 0.25) is 0 Å². The van der Waals surface area contributed by atoms with Crippen molar-refractivity contribution in [3.8, 4) is 23.7 Å². The summed E-state index contributed by atoms with van der Waals surface area (Å²) in [6, 6.07) is 15.7. The highest BCUT2D eigenvalue weighted by Crippen LogP contribution is 2.25. The molecule has 2 aliphatic rings. The predicted molar refractivity (Wildman–Crippen MR) is 176 cm³/mol. The third-order valence-electron chi connectivity index (χ3n) is 8.31. The molecular weight excluding hydrogens is 633 g/mol. The summed E-state index contributed by atoms with van der Waals surface area (Å²) < 4.78 is 49.9. The molecule has 11 heteroatoms. The highest BCUT2D eigenvalue weighted by atomic mass is 19.1. The zero-order valence-corrected chi connectivity index (χ0v) is 27.4. The van der Waals surface area contributed by atoms with Crippen LogP contribution in [0.2, 0.25) is 0 Å². The summed E-state index contributed by atoms with van der Waals surface area (Å²) in [5, 5.41) is 0. The molecule has 0 radical (unpaired) electrons. The number of hydrogen-bond acceptors (Lipinski definition) is 6. The largest absolute Gasteiger partial charge is 0.376 e. The van der Waals surface area contributed by atoms with E-state index in [-0.39, 0.29) is 40.0 Å². The van der Waals surface area contributed by atoms with Crippen LogP contribution in [0.4, 0.5) is 13.2 Å². The molecule has 2 aromatic carbocycles. The van der Waals surface area contributed by atoms with Crippen LogP contribution < -0.4 is 0 Å². The molecule has 2 fully saturated rings. The minimum absolute atomic E-state index is 0.0298. The molecule has 4 aromatic rings. The van der Waals surface area contributed by atoms with Gasteiger partial charge in [0.15, 0.2) is 0 Å². The molecule has 4 heterocycles. The van der Waals surface area contributed by atoms with Crippen LogP contribution >= 0.6 is 0 Å². The van der Waals surface area contributed by atoms with E-state index in [9.17, 15) is 22.8 Å². The van der Waals surface area contributed by atoms with Gasteiger partial charge in [0.05, 0.1) is 43.1 Å². The molecule has 2 aliphatic heterocycles. The Labute approximate surface area is 282 Å². The van der Waals surface area contributed by atoms with Gasteiger partial charge in [0.25, 0.3) is 11.8 Å². The van der Waals surface area contributed by atoms with Crippen molar-refractivity contribution in [2.45, 2.75) is 24.9 Å². The van der Waals surface area contributed by atoms with Crippen molar-refractivity contribution in [2.24, 2.45) is 0 Å². The highest BCUT2D eigenvalue weighted by molar-refractivity contribution is 5.93. The highest BCUT2D eigenvalue weighted by Gasteiger charge is 2.41. The van der Waals surface area contributed by atoms with Crippen molar-refractivity contribution in [3.63, 3.8) is 0 Å². The Bertz CT molecular complexity index is 1950. The van der Waals surface area contributed by atoms with Crippen LogP contribution in [0.5, 0.6) is 0 Å². The maximum absolute atomic E-state index is 13.5. The first-order valence-corrected chi connectivity index (χ1v) is 15.3. The second-order valence-corrected chi connectivity index (χ2v) is 12.2. The second kappa shape index (κ2) is 14.7. The lowest BCUT2D eigenvalue weighted by atomic mass is 9.98. The fraction of sp³-hybridized carbons (Fsp3) is 0.263. The Morgan fingerprint density at radius 1 is 0.633 bits per heavy atom. The average molecular weight is 667 g/mol. The van der Waals surface area contributed by atoms with E-state index in [1.54, 1.807) is 66.5 Å². The summed E-state index contributed by atoms with van der Waals surface area (Å²) in [4.78, 5) is 36.5. The van der Waals surface area contributed by atoms with Crippen LogP contribution in [-0.2, 0) is 9.47 Å². The summed E-state index contributed by atoms with van der Waals surface area (Å²) in [5.41, 5.74) is 1.97. The number of halogens is 3. The van der Waals surface area contributed by atoms with E-state index < -0.39 is 11.6 Å². The topological polar surface area (TPSA) is 84.9 Å². The first-order valence-electron chi connectivity index (χ1n) is 15.3. The standard InChI is InChI=1S/C19H16F2N2O2.C19H17FN2O2/c1-19(11-25-12-19)23(2)18(24)17-8-4-13(10-22-17)3-5-14-9-15(20)6-7-16(14)21;1-19(12-24-13-19)22(2)18(23)17-10-7-15(11-21-17)4-3-14-5-8-16(20)9-6-14/h4,6-10H,11-12H2,1-2H3;5-11H,12-13H2,1-2H3. The molecular formula is C38H33F3N4O4. The predicted octanol–water partition coefficient (Wildman–Crippen LogP) is 5.10. The number of rotatable bonds is 4. The van der Waals surface area contributed by atoms with E-state index in [2.05, 4.69) is 33.6 Å². The van der Waals surface area contributed by atoms with Gasteiger partial charge in [-0.3, -0.25) is 9.59 Å². The number of aromatic nitrogens is 2. The van der Waals surface area contributed by atoms with Gasteiger partial charge in [-0.25, -0.2) is 23.1 Å². The third-order valence-corrected chi connectivity index (χ3v) is 8.31. The second-order valence-electron chi connectivity index (χ2n) is 12.2. The Balaban J connectivity index is 0.000000191. The number of likely N-dealkylation sites (N-methyl/N-ethyl adjacent to an activating group) is 2. The summed E-state index contributed by atoms with van der Waals surface area (Å²) in [6.07, 6.45) is 3.00. The van der Waals surface area contributed by atoms with Crippen molar-refractivity contribution >= 4 is 11.8 Å². The maximum atomic E-state index is 13.5. The number of amides is 2. The van der Waals surface area contributed by atoms with Gasteiger partial charge in [-0.2, -0.15) is 0 Å². The lowest BCUT2D eigenvalue weighted by Gasteiger charge is -2.45. The van der Waals surface area contributed by atoms with E-state index in [1.165, 1.54) is 18.3 Å². The maximum Gasteiger partial charge on any atom is 0.272 e. The summed E-state index contributed by atoms with van der Waals surface area (Å²) >= 11 is 0. The van der Waals surface area contributed by atoms with Crippen molar-refractivity contribution in [1.29, 1.82) is 0 Å². The van der Waals surface area contributed by atoms with Crippen LogP contribution in [0.25, 0.3) is 0 Å². The molecule has 0 N–H and O–H groups in total. The molecule has 250 valence electrons. The zero-order valence-electron chi connectivity index (χ0n) is 27.4. The lowest BCUT2D eigenvalue weighted by molar-refractivity contribution is -0.108. The van der Waals surface area contributed by atoms with E-state index in [0.717, 1.165) is 18.2 Å². The fourth-order valence-electron chi connectivity index (χ4n) is 4.62. The van der Waals surface area contributed by atoms with Gasteiger partial charge in [0.1, 0.15) is 28.8 Å². The minimum atomic E-state index is -0.591. The van der Waals surface area contributed by atoms with E-state index in [1.807, 2.05) is 13.8 Å². The van der Waals surface area contributed by atoms with Crippen LogP contribution in [-0.4, -0.2) is 83.2 Å². The molecule has 0 saturated carbocycles. The Kier molecular flexibility index (Phi) is 10.5. The molecule has 8 nitrogen and oxygen atoms in total. The van der Waals surface area contributed by atoms with Gasteiger partial charge < -0.3 is 19.3 Å². The number of pyridine rings is 2. The SMILES string of the molecule is CN(C(=O)c1ccc(C#Cc2cc(F)ccc2F)cn1)C1(C)COC1.CN(C(=O)c1ccc(C#Cc2ccc(F)cc2)cn1)C1(C)COC1. The molecule has 0 unspecified atom stereocenters. The molecule has 49 heavy (non-hydrogen) atoms. The molecule has 0 bridgehead atoms. The van der Waals surface area contributed by atoms with Gasteiger partial charge in [-0.1, -0.05) is 23.7 Å². The third kappa shape index (κ3) is 8.33. The summed E-state index contributed by atoms with van der Waals surface area (Å²) in [6.45, 7) is 6.00. The number of carbonyl (C=O) groups excluding carboxylic acids is 2. The zero-order chi connectivity index (χ0) is 35.2. The Hall–Kier alpha value is -5.49. The molecule has 0 spiro atoms. The van der Waals surface area contributed by atoms with Crippen molar-refractivity contribution in [2.75, 3.05) is 40.5 Å². The number of ether oxygens (including phenoxy) is 2. The van der Waals surface area contributed by atoms with Gasteiger partial charge in [0, 0.05) is 43.2 Å². The van der Waals surface area contributed by atoms with Crippen molar-refractivity contribution in [3.05, 3.63) is 130 Å². The average Bonchev–Trinajstić information content (AvgIpc) is 3.09. The Morgan fingerprint density at radius 3 is 1.49 bits per heavy atom. The van der Waals surface area contributed by atoms with Crippen LogP contribution in [0.3, 0.4) is 0 Å². The normalized spacial score (nSPS) is 14.9.